The fraction of sp³-hybridized carbons (Fsp3) is 0. The molecule has 0 saturated carbocycles. The minimum Gasteiger partial charge on any atom is -0.322 e. The highest BCUT2D eigenvalue weighted by Crippen LogP contribution is 2.10. The summed E-state index contributed by atoms with van der Waals surface area (Å²) in [5.41, 5.74) is -0.546. The van der Waals surface area contributed by atoms with Gasteiger partial charge in [-0.05, 0) is 18.2 Å². The molecule has 2 aromatic rings. The van der Waals surface area contributed by atoms with Crippen molar-refractivity contribution in [2.24, 2.45) is 0 Å². The van der Waals surface area contributed by atoms with Crippen LogP contribution in [0.5, 0.6) is 0 Å². The van der Waals surface area contributed by atoms with Crippen molar-refractivity contribution in [3.05, 3.63) is 62.4 Å². The molecule has 1 aromatic heterocycles. The highest BCUT2D eigenvalue weighted by Gasteiger charge is 2.11. The molecule has 0 unspecified atom stereocenters. The largest absolute Gasteiger partial charge is 0.325 e. The third-order valence-corrected chi connectivity index (χ3v) is 2.35. The first-order chi connectivity index (χ1) is 9.10. The molecule has 1 heterocycles. The summed E-state index contributed by atoms with van der Waals surface area (Å²) in [7, 11) is 0. The first-order valence-corrected chi connectivity index (χ1v) is 5.30. The van der Waals surface area contributed by atoms with E-state index in [0.29, 0.717) is 11.3 Å². The van der Waals surface area contributed by atoms with Gasteiger partial charge in [0.15, 0.2) is 0 Å². The highest BCUT2D eigenvalue weighted by atomic mass is 16.2. The number of carbonyl (C=O) groups is 1. The number of aromatic amines is 2. The molecule has 94 valence electrons. The van der Waals surface area contributed by atoms with Crippen molar-refractivity contribution < 1.29 is 4.79 Å². The molecule has 19 heavy (non-hydrogen) atoms. The Morgan fingerprint density at radius 1 is 1.32 bits per heavy atom. The lowest BCUT2D eigenvalue weighted by atomic mass is 10.2. The second-order valence-corrected chi connectivity index (χ2v) is 3.66. The van der Waals surface area contributed by atoms with Gasteiger partial charge >= 0.3 is 5.69 Å². The third-order valence-electron chi connectivity index (χ3n) is 2.35. The second-order valence-electron chi connectivity index (χ2n) is 3.66. The maximum Gasteiger partial charge on any atom is 0.325 e. The van der Waals surface area contributed by atoms with Crippen LogP contribution in [-0.2, 0) is 0 Å². The third kappa shape index (κ3) is 2.79. The van der Waals surface area contributed by atoms with Gasteiger partial charge in [0, 0.05) is 17.4 Å². The van der Waals surface area contributed by atoms with Gasteiger partial charge in [-0.3, -0.25) is 14.6 Å². The van der Waals surface area contributed by atoms with E-state index in [-0.39, 0.29) is 5.56 Å². The van der Waals surface area contributed by atoms with Crippen molar-refractivity contribution in [2.75, 3.05) is 5.32 Å². The van der Waals surface area contributed by atoms with Crippen molar-refractivity contribution in [3.8, 4) is 12.3 Å². The zero-order chi connectivity index (χ0) is 13.8. The lowest BCUT2D eigenvalue weighted by Gasteiger charge is -2.04. The normalized spacial score (nSPS) is 9.63. The quantitative estimate of drug-likeness (QED) is 0.673. The summed E-state index contributed by atoms with van der Waals surface area (Å²) < 4.78 is 0. The summed E-state index contributed by atoms with van der Waals surface area (Å²) in [6, 6.07) is 6.63. The van der Waals surface area contributed by atoms with E-state index in [1.165, 1.54) is 0 Å². The smallest absolute Gasteiger partial charge is 0.322 e. The number of hydrogen-bond donors (Lipinski definition) is 3. The summed E-state index contributed by atoms with van der Waals surface area (Å²) >= 11 is 0. The van der Waals surface area contributed by atoms with E-state index in [1.807, 2.05) is 4.98 Å². The van der Waals surface area contributed by atoms with Crippen molar-refractivity contribution in [3.63, 3.8) is 0 Å². The van der Waals surface area contributed by atoms with Gasteiger partial charge in [-0.1, -0.05) is 12.0 Å². The summed E-state index contributed by atoms with van der Waals surface area (Å²) in [4.78, 5) is 38.3. The van der Waals surface area contributed by atoms with Crippen LogP contribution < -0.4 is 16.6 Å². The molecule has 0 spiro atoms. The van der Waals surface area contributed by atoms with E-state index in [0.717, 1.165) is 6.20 Å². The number of hydrogen-bond acceptors (Lipinski definition) is 3. The molecule has 3 N–H and O–H groups in total. The van der Waals surface area contributed by atoms with E-state index < -0.39 is 17.2 Å². The van der Waals surface area contributed by atoms with Crippen LogP contribution in [0.3, 0.4) is 0 Å². The number of amides is 1. The minimum absolute atomic E-state index is 0.189. The fourth-order valence-corrected chi connectivity index (χ4v) is 1.46. The predicted octanol–water partition coefficient (Wildman–Crippen LogP) is 0.297. The number of rotatable bonds is 2. The summed E-state index contributed by atoms with van der Waals surface area (Å²) in [5, 5.41) is 2.52. The molecule has 0 fully saturated rings. The first-order valence-electron chi connectivity index (χ1n) is 5.30. The summed E-state index contributed by atoms with van der Waals surface area (Å²) in [6.45, 7) is 0. The number of nitrogens with one attached hydrogen (secondary N) is 3. The summed E-state index contributed by atoms with van der Waals surface area (Å²) in [5.74, 6) is 1.80. The molecular weight excluding hydrogens is 246 g/mol. The maximum absolute atomic E-state index is 11.8. The maximum atomic E-state index is 11.8. The van der Waals surface area contributed by atoms with Gasteiger partial charge in [0.1, 0.15) is 5.56 Å². The molecule has 6 heteroatoms. The average molecular weight is 255 g/mol. The van der Waals surface area contributed by atoms with E-state index in [1.54, 1.807) is 24.3 Å². The van der Waals surface area contributed by atoms with E-state index in [4.69, 9.17) is 6.42 Å². The van der Waals surface area contributed by atoms with E-state index in [9.17, 15) is 14.4 Å². The Balaban J connectivity index is 2.28. The predicted molar refractivity (Wildman–Crippen MR) is 70.0 cm³/mol. The zero-order valence-electron chi connectivity index (χ0n) is 9.69. The van der Waals surface area contributed by atoms with Crippen LogP contribution >= 0.6 is 0 Å². The van der Waals surface area contributed by atoms with E-state index in [2.05, 4.69) is 16.2 Å². The summed E-state index contributed by atoms with van der Waals surface area (Å²) in [6.07, 6.45) is 6.30. The lowest BCUT2D eigenvalue weighted by Crippen LogP contribution is -2.29. The van der Waals surface area contributed by atoms with Crippen LogP contribution in [0.1, 0.15) is 15.9 Å². The molecule has 1 aromatic carbocycles. The van der Waals surface area contributed by atoms with Gasteiger partial charge in [-0.2, -0.15) is 0 Å². The van der Waals surface area contributed by atoms with Gasteiger partial charge in [0.2, 0.25) is 0 Å². The van der Waals surface area contributed by atoms with Gasteiger partial charge in [0.25, 0.3) is 11.5 Å². The Morgan fingerprint density at radius 2 is 2.11 bits per heavy atom. The SMILES string of the molecule is C#Cc1cccc(NC(=O)c2c[nH]c(=O)[nH]c2=O)c1. The van der Waals surface area contributed by atoms with Crippen molar-refractivity contribution >= 4 is 11.6 Å². The number of benzene rings is 1. The molecule has 0 bridgehead atoms. The molecule has 1 amide bonds. The molecule has 6 nitrogen and oxygen atoms in total. The molecule has 0 atom stereocenters. The number of carbonyl (C=O) groups excluding carboxylic acids is 1. The molecule has 0 aliphatic carbocycles. The van der Waals surface area contributed by atoms with Crippen LogP contribution in [0.25, 0.3) is 0 Å². The number of H-pyrrole nitrogens is 2. The van der Waals surface area contributed by atoms with Crippen LogP contribution in [0.2, 0.25) is 0 Å². The molecule has 0 aliphatic heterocycles. The minimum atomic E-state index is -0.755. The van der Waals surface area contributed by atoms with Crippen molar-refractivity contribution in [1.82, 2.24) is 9.97 Å². The monoisotopic (exact) mass is 255 g/mol. The van der Waals surface area contributed by atoms with Crippen LogP contribution in [0, 0.1) is 12.3 Å². The van der Waals surface area contributed by atoms with Gasteiger partial charge in [0.05, 0.1) is 0 Å². The molecule has 2 rings (SSSR count). The highest BCUT2D eigenvalue weighted by molar-refractivity contribution is 6.03. The Morgan fingerprint density at radius 3 is 2.79 bits per heavy atom. The molecule has 0 radical (unpaired) electrons. The van der Waals surface area contributed by atoms with Gasteiger partial charge in [-0.15, -0.1) is 6.42 Å². The van der Waals surface area contributed by atoms with Gasteiger partial charge in [-0.25, -0.2) is 4.79 Å². The molecule has 0 saturated heterocycles. The Hall–Kier alpha value is -3.07. The van der Waals surface area contributed by atoms with Gasteiger partial charge < -0.3 is 10.3 Å². The zero-order valence-corrected chi connectivity index (χ0v) is 9.69. The topological polar surface area (TPSA) is 94.8 Å². The van der Waals surface area contributed by atoms with Crippen molar-refractivity contribution in [2.45, 2.75) is 0 Å². The Kier molecular flexibility index (Phi) is 3.30. The first kappa shape index (κ1) is 12.4. The van der Waals surface area contributed by atoms with Crippen LogP contribution in [0.15, 0.2) is 40.1 Å². The van der Waals surface area contributed by atoms with E-state index >= 15 is 0 Å². The number of aromatic nitrogens is 2. The van der Waals surface area contributed by atoms with Crippen LogP contribution in [-0.4, -0.2) is 15.9 Å². The van der Waals surface area contributed by atoms with Crippen molar-refractivity contribution in [1.29, 1.82) is 0 Å². The number of terminal acetylenes is 1. The fourth-order valence-electron chi connectivity index (χ4n) is 1.46. The molecular formula is C13H9N3O3. The Bertz CT molecular complexity index is 780. The van der Waals surface area contributed by atoms with Crippen LogP contribution in [0.4, 0.5) is 5.69 Å². The standard InChI is InChI=1S/C13H9N3O3/c1-2-8-4-3-5-9(6-8)15-11(17)10-7-14-13(19)16-12(10)18/h1,3-7H,(H,15,17)(H2,14,16,18,19). The molecule has 0 aliphatic rings. The number of anilines is 1. The average Bonchev–Trinajstić information content (AvgIpc) is 2.38. The second kappa shape index (κ2) is 5.06. The lowest BCUT2D eigenvalue weighted by molar-refractivity contribution is 0.102. The Labute approximate surface area is 107 Å².